The quantitative estimate of drug-likeness (QED) is 0.826. The summed E-state index contributed by atoms with van der Waals surface area (Å²) in [4.78, 5) is 26.7. The number of para-hydroxylation sites is 1. The number of nitrogens with one attached hydrogen (secondary N) is 2. The van der Waals surface area contributed by atoms with Crippen molar-refractivity contribution in [3.8, 4) is 0 Å². The predicted molar refractivity (Wildman–Crippen MR) is 108 cm³/mol. The van der Waals surface area contributed by atoms with Gasteiger partial charge in [-0.2, -0.15) is 0 Å². The lowest BCUT2D eigenvalue weighted by atomic mass is 10.0. The second-order valence-corrected chi connectivity index (χ2v) is 7.13. The van der Waals surface area contributed by atoms with Crippen LogP contribution in [0.2, 0.25) is 0 Å². The molecule has 1 aliphatic heterocycles. The zero-order chi connectivity index (χ0) is 19.2. The molecule has 1 saturated heterocycles. The molecule has 0 unspecified atom stereocenters. The van der Waals surface area contributed by atoms with Crippen molar-refractivity contribution in [2.24, 2.45) is 0 Å². The van der Waals surface area contributed by atoms with Gasteiger partial charge in [0.15, 0.2) is 0 Å². The Morgan fingerprint density at radius 2 is 1.70 bits per heavy atom. The van der Waals surface area contributed by atoms with E-state index in [1.807, 2.05) is 50.2 Å². The number of aryl methyl sites for hydroxylation is 2. The van der Waals surface area contributed by atoms with Crippen molar-refractivity contribution in [1.29, 1.82) is 0 Å². The van der Waals surface area contributed by atoms with Gasteiger partial charge in [-0.05, 0) is 49.9 Å². The Morgan fingerprint density at radius 3 is 2.41 bits per heavy atom. The fraction of sp³-hybridized carbons (Fsp3) is 0.364. The lowest BCUT2D eigenvalue weighted by molar-refractivity contribution is -0.125. The topological polar surface area (TPSA) is 61.4 Å². The largest absolute Gasteiger partial charge is 0.346 e. The Kier molecular flexibility index (Phi) is 6.24. The molecule has 3 rings (SSSR count). The minimum Gasteiger partial charge on any atom is -0.346 e. The van der Waals surface area contributed by atoms with Crippen LogP contribution in [0.1, 0.15) is 35.6 Å². The molecule has 2 amide bonds. The highest BCUT2D eigenvalue weighted by Gasteiger charge is 2.27. The van der Waals surface area contributed by atoms with Crippen molar-refractivity contribution in [3.05, 3.63) is 65.2 Å². The highest BCUT2D eigenvalue weighted by Crippen LogP contribution is 2.31. The van der Waals surface area contributed by atoms with E-state index in [0.717, 1.165) is 36.2 Å². The van der Waals surface area contributed by atoms with E-state index >= 15 is 0 Å². The van der Waals surface area contributed by atoms with E-state index in [0.29, 0.717) is 6.54 Å². The van der Waals surface area contributed by atoms with Crippen LogP contribution in [0.25, 0.3) is 0 Å². The summed E-state index contributed by atoms with van der Waals surface area (Å²) in [6.07, 6.45) is 2.14. The normalized spacial score (nSPS) is 16.9. The molecule has 142 valence electrons. The highest BCUT2D eigenvalue weighted by molar-refractivity contribution is 5.95. The minimum absolute atomic E-state index is 0.0174. The van der Waals surface area contributed by atoms with E-state index in [1.165, 1.54) is 5.56 Å². The first-order valence-electron chi connectivity index (χ1n) is 9.46. The lowest BCUT2D eigenvalue weighted by Gasteiger charge is -2.24. The van der Waals surface area contributed by atoms with Crippen molar-refractivity contribution in [2.75, 3.05) is 25.0 Å². The van der Waals surface area contributed by atoms with Crippen molar-refractivity contribution in [2.45, 2.75) is 32.7 Å². The summed E-state index contributed by atoms with van der Waals surface area (Å²) < 4.78 is 0. The number of benzene rings is 2. The molecule has 27 heavy (non-hydrogen) atoms. The van der Waals surface area contributed by atoms with E-state index in [9.17, 15) is 9.59 Å². The van der Waals surface area contributed by atoms with Crippen LogP contribution >= 0.6 is 0 Å². The third-order valence-electron chi connectivity index (χ3n) is 5.09. The maximum Gasteiger partial charge on any atom is 0.243 e. The number of carbonyl (C=O) groups is 2. The Balaban J connectivity index is 1.50. The molecule has 2 aromatic rings. The minimum atomic E-state index is -0.207. The third kappa shape index (κ3) is 4.95. The molecule has 0 saturated carbocycles. The van der Waals surface area contributed by atoms with Gasteiger partial charge in [0, 0.05) is 11.7 Å². The van der Waals surface area contributed by atoms with Crippen LogP contribution < -0.4 is 10.6 Å². The van der Waals surface area contributed by atoms with Gasteiger partial charge >= 0.3 is 0 Å². The summed E-state index contributed by atoms with van der Waals surface area (Å²) in [6.45, 7) is 5.12. The predicted octanol–water partition coefficient (Wildman–Crippen LogP) is 3.20. The standard InChI is InChI=1S/C22H27N3O2/c1-16-8-6-9-17(2)22(16)24-20(26)14-23-21(27)15-25-13-7-12-19(25)18-10-4-3-5-11-18/h3-6,8-11,19H,7,12-15H2,1-2H3,(H,23,27)(H,24,26)/t19-/m0/s1. The van der Waals surface area contributed by atoms with Crippen LogP contribution in [-0.2, 0) is 9.59 Å². The van der Waals surface area contributed by atoms with Gasteiger partial charge in [0.25, 0.3) is 0 Å². The molecule has 5 heteroatoms. The van der Waals surface area contributed by atoms with Gasteiger partial charge in [0.2, 0.25) is 11.8 Å². The number of nitrogens with zero attached hydrogens (tertiary/aromatic N) is 1. The van der Waals surface area contributed by atoms with Crippen LogP contribution in [0.4, 0.5) is 5.69 Å². The number of anilines is 1. The fourth-order valence-corrected chi connectivity index (χ4v) is 3.68. The first kappa shape index (κ1) is 19.1. The molecular weight excluding hydrogens is 338 g/mol. The van der Waals surface area contributed by atoms with E-state index in [1.54, 1.807) is 0 Å². The molecule has 1 atom stereocenters. The van der Waals surface area contributed by atoms with E-state index in [2.05, 4.69) is 27.7 Å². The van der Waals surface area contributed by atoms with E-state index in [4.69, 9.17) is 0 Å². The van der Waals surface area contributed by atoms with Crippen LogP contribution in [0.5, 0.6) is 0 Å². The first-order chi connectivity index (χ1) is 13.0. The Labute approximate surface area is 160 Å². The van der Waals surface area contributed by atoms with Gasteiger partial charge < -0.3 is 10.6 Å². The molecule has 2 N–H and O–H groups in total. The molecule has 1 aliphatic rings. The van der Waals surface area contributed by atoms with E-state index < -0.39 is 0 Å². The zero-order valence-corrected chi connectivity index (χ0v) is 16.0. The molecule has 1 heterocycles. The number of carbonyl (C=O) groups excluding carboxylic acids is 2. The van der Waals surface area contributed by atoms with Crippen molar-refractivity contribution in [3.63, 3.8) is 0 Å². The SMILES string of the molecule is Cc1cccc(C)c1NC(=O)CNC(=O)CN1CCC[C@H]1c1ccccc1. The lowest BCUT2D eigenvalue weighted by Crippen LogP contribution is -2.40. The smallest absolute Gasteiger partial charge is 0.243 e. The highest BCUT2D eigenvalue weighted by atomic mass is 16.2. The maximum absolute atomic E-state index is 12.3. The van der Waals surface area contributed by atoms with Gasteiger partial charge in [-0.15, -0.1) is 0 Å². The summed E-state index contributed by atoms with van der Waals surface area (Å²) in [5.74, 6) is -0.323. The van der Waals surface area contributed by atoms with Crippen molar-refractivity contribution in [1.82, 2.24) is 10.2 Å². The molecule has 0 spiro atoms. The molecule has 0 radical (unpaired) electrons. The van der Waals surface area contributed by atoms with Crippen LogP contribution in [-0.4, -0.2) is 36.3 Å². The number of hydrogen-bond acceptors (Lipinski definition) is 3. The van der Waals surface area contributed by atoms with E-state index in [-0.39, 0.29) is 24.4 Å². The molecular formula is C22H27N3O2. The van der Waals surface area contributed by atoms with Crippen molar-refractivity contribution < 1.29 is 9.59 Å². The Hall–Kier alpha value is -2.66. The molecule has 0 aliphatic carbocycles. The Bertz CT molecular complexity index is 784. The van der Waals surface area contributed by atoms with Gasteiger partial charge in [-0.1, -0.05) is 48.5 Å². The summed E-state index contributed by atoms with van der Waals surface area (Å²) in [5, 5.41) is 5.64. The maximum atomic E-state index is 12.3. The van der Waals surface area contributed by atoms with Crippen LogP contribution in [0.15, 0.2) is 48.5 Å². The van der Waals surface area contributed by atoms with Gasteiger partial charge in [-0.25, -0.2) is 0 Å². The van der Waals surface area contributed by atoms with Gasteiger partial charge in [0.1, 0.15) is 0 Å². The van der Waals surface area contributed by atoms with Crippen molar-refractivity contribution >= 4 is 17.5 Å². The summed E-state index contributed by atoms with van der Waals surface area (Å²) >= 11 is 0. The monoisotopic (exact) mass is 365 g/mol. The average Bonchev–Trinajstić information content (AvgIpc) is 3.12. The number of likely N-dealkylation sites (tertiary alicyclic amines) is 1. The molecule has 0 aromatic heterocycles. The molecule has 0 bridgehead atoms. The Morgan fingerprint density at radius 1 is 1.00 bits per heavy atom. The molecule has 5 nitrogen and oxygen atoms in total. The first-order valence-corrected chi connectivity index (χ1v) is 9.46. The number of amides is 2. The van der Waals surface area contributed by atoms with Crippen LogP contribution in [0, 0.1) is 13.8 Å². The molecule has 1 fully saturated rings. The van der Waals surface area contributed by atoms with Crippen LogP contribution in [0.3, 0.4) is 0 Å². The second kappa shape index (κ2) is 8.82. The second-order valence-electron chi connectivity index (χ2n) is 7.13. The summed E-state index contributed by atoms with van der Waals surface area (Å²) in [7, 11) is 0. The van der Waals surface area contributed by atoms with Gasteiger partial charge in [0.05, 0.1) is 13.1 Å². The summed E-state index contributed by atoms with van der Waals surface area (Å²) in [5.41, 5.74) is 4.09. The molecule has 2 aromatic carbocycles. The third-order valence-corrected chi connectivity index (χ3v) is 5.09. The summed E-state index contributed by atoms with van der Waals surface area (Å²) in [6, 6.07) is 16.4. The fourth-order valence-electron chi connectivity index (χ4n) is 3.68. The number of hydrogen-bond donors (Lipinski definition) is 2. The average molecular weight is 365 g/mol. The zero-order valence-electron chi connectivity index (χ0n) is 16.0. The number of rotatable bonds is 6. The van der Waals surface area contributed by atoms with Gasteiger partial charge in [-0.3, -0.25) is 14.5 Å².